The number of hydrogen-bond acceptors (Lipinski definition) is 2. The number of hydrogen-bond donors (Lipinski definition) is 2. The second-order valence-electron chi connectivity index (χ2n) is 5.79. The van der Waals surface area contributed by atoms with Gasteiger partial charge in [0, 0.05) is 41.8 Å². The van der Waals surface area contributed by atoms with Crippen LogP contribution >= 0.6 is 0 Å². The number of nitrogens with two attached hydrogens (primary N) is 1. The molecule has 1 aliphatic heterocycles. The Labute approximate surface area is 120 Å². The van der Waals surface area contributed by atoms with Crippen molar-refractivity contribution in [1.29, 1.82) is 0 Å². The summed E-state index contributed by atoms with van der Waals surface area (Å²) in [6.45, 7) is 5.37. The summed E-state index contributed by atoms with van der Waals surface area (Å²) in [6, 6.07) is 8.82. The molecule has 3 N–H and O–H groups in total. The van der Waals surface area contributed by atoms with Crippen molar-refractivity contribution in [3.63, 3.8) is 0 Å². The van der Waals surface area contributed by atoms with Gasteiger partial charge in [0.05, 0.1) is 0 Å². The molecule has 1 aromatic heterocycles. The molecule has 0 amide bonds. The molecule has 0 bridgehead atoms. The highest BCUT2D eigenvalue weighted by atomic mass is 15.1. The summed E-state index contributed by atoms with van der Waals surface area (Å²) in [4.78, 5) is 5.85. The summed E-state index contributed by atoms with van der Waals surface area (Å²) < 4.78 is 0. The molecule has 2 heterocycles. The number of aromatic nitrogens is 1. The second-order valence-corrected chi connectivity index (χ2v) is 5.79. The van der Waals surface area contributed by atoms with Gasteiger partial charge in [-0.2, -0.15) is 0 Å². The molecule has 0 radical (unpaired) electrons. The molecule has 3 rings (SSSR count). The lowest BCUT2D eigenvalue weighted by atomic mass is 9.99. The van der Waals surface area contributed by atoms with Gasteiger partial charge in [0.25, 0.3) is 0 Å². The van der Waals surface area contributed by atoms with E-state index < -0.39 is 0 Å². The lowest BCUT2D eigenvalue weighted by Crippen LogP contribution is -2.32. The Morgan fingerprint density at radius 3 is 2.95 bits per heavy atom. The minimum atomic E-state index is 0.300. The lowest BCUT2D eigenvalue weighted by Gasteiger charge is -2.26. The first-order chi connectivity index (χ1) is 9.74. The van der Waals surface area contributed by atoms with Crippen LogP contribution in [0.4, 0.5) is 0 Å². The Kier molecular flexibility index (Phi) is 3.90. The Morgan fingerprint density at radius 1 is 1.35 bits per heavy atom. The topological polar surface area (TPSA) is 45.0 Å². The standard InChI is InChI=1S/C17H23N3/c1-13(18)6-9-20-10-7-14(8-11-20)16-12-19-17-5-3-2-4-15(16)17/h2-5,7,12-13,19H,6,8-11,18H2,1H3. The zero-order valence-electron chi connectivity index (χ0n) is 12.1. The van der Waals surface area contributed by atoms with Gasteiger partial charge in [0.15, 0.2) is 0 Å². The van der Waals surface area contributed by atoms with Gasteiger partial charge in [0.2, 0.25) is 0 Å². The summed E-state index contributed by atoms with van der Waals surface area (Å²) in [5.74, 6) is 0. The van der Waals surface area contributed by atoms with Gasteiger partial charge < -0.3 is 10.7 Å². The van der Waals surface area contributed by atoms with Crippen LogP contribution in [0.15, 0.2) is 36.5 Å². The number of aromatic amines is 1. The van der Waals surface area contributed by atoms with E-state index in [2.05, 4.69) is 53.3 Å². The van der Waals surface area contributed by atoms with Crippen molar-refractivity contribution >= 4 is 16.5 Å². The summed E-state index contributed by atoms with van der Waals surface area (Å²) in [6.07, 6.45) is 6.73. The Morgan fingerprint density at radius 2 is 2.20 bits per heavy atom. The van der Waals surface area contributed by atoms with Crippen LogP contribution in [0.25, 0.3) is 16.5 Å². The first kappa shape index (κ1) is 13.4. The van der Waals surface area contributed by atoms with Crippen LogP contribution in [-0.4, -0.2) is 35.6 Å². The van der Waals surface area contributed by atoms with Crippen LogP contribution < -0.4 is 5.73 Å². The zero-order chi connectivity index (χ0) is 13.9. The molecule has 0 spiro atoms. The summed E-state index contributed by atoms with van der Waals surface area (Å²) in [7, 11) is 0. The van der Waals surface area contributed by atoms with Crippen LogP contribution in [0.3, 0.4) is 0 Å². The summed E-state index contributed by atoms with van der Waals surface area (Å²) in [5, 5.41) is 1.34. The van der Waals surface area contributed by atoms with Crippen molar-refractivity contribution in [1.82, 2.24) is 9.88 Å². The predicted molar refractivity (Wildman–Crippen MR) is 85.6 cm³/mol. The number of benzene rings is 1. The second kappa shape index (κ2) is 5.81. The van der Waals surface area contributed by atoms with Crippen LogP contribution in [0.2, 0.25) is 0 Å². The molecular formula is C17H23N3. The van der Waals surface area contributed by atoms with E-state index >= 15 is 0 Å². The molecule has 0 fully saturated rings. The smallest absolute Gasteiger partial charge is 0.0460 e. The van der Waals surface area contributed by atoms with Gasteiger partial charge in [-0.3, -0.25) is 4.90 Å². The largest absolute Gasteiger partial charge is 0.361 e. The third-order valence-corrected chi connectivity index (χ3v) is 4.13. The van der Waals surface area contributed by atoms with Crippen molar-refractivity contribution in [3.8, 4) is 0 Å². The fraction of sp³-hybridized carbons (Fsp3) is 0.412. The van der Waals surface area contributed by atoms with Gasteiger partial charge in [0.1, 0.15) is 0 Å². The Balaban J connectivity index is 1.73. The molecule has 2 aromatic rings. The number of rotatable bonds is 4. The molecule has 1 unspecified atom stereocenters. The van der Waals surface area contributed by atoms with Crippen molar-refractivity contribution in [2.75, 3.05) is 19.6 Å². The fourth-order valence-corrected chi connectivity index (χ4v) is 2.88. The van der Waals surface area contributed by atoms with Gasteiger partial charge >= 0.3 is 0 Å². The number of fused-ring (bicyclic) bond motifs is 1. The minimum Gasteiger partial charge on any atom is -0.361 e. The molecule has 1 aliphatic rings. The van der Waals surface area contributed by atoms with Crippen LogP contribution in [0, 0.1) is 0 Å². The molecule has 1 aromatic carbocycles. The third-order valence-electron chi connectivity index (χ3n) is 4.13. The number of nitrogens with one attached hydrogen (secondary N) is 1. The van der Waals surface area contributed by atoms with E-state index in [0.717, 1.165) is 32.5 Å². The van der Waals surface area contributed by atoms with Gasteiger partial charge in [-0.05, 0) is 37.9 Å². The fourth-order valence-electron chi connectivity index (χ4n) is 2.88. The molecule has 3 heteroatoms. The highest BCUT2D eigenvalue weighted by Crippen LogP contribution is 2.29. The van der Waals surface area contributed by atoms with E-state index in [1.807, 2.05) is 0 Å². The summed E-state index contributed by atoms with van der Waals surface area (Å²) in [5.41, 5.74) is 9.89. The maximum Gasteiger partial charge on any atom is 0.0460 e. The van der Waals surface area contributed by atoms with E-state index in [0.29, 0.717) is 6.04 Å². The molecular weight excluding hydrogens is 246 g/mol. The van der Waals surface area contributed by atoms with Gasteiger partial charge in [-0.25, -0.2) is 0 Å². The maximum atomic E-state index is 5.83. The van der Waals surface area contributed by atoms with Gasteiger partial charge in [-0.1, -0.05) is 24.3 Å². The quantitative estimate of drug-likeness (QED) is 0.896. The van der Waals surface area contributed by atoms with Crippen LogP contribution in [0.1, 0.15) is 25.3 Å². The predicted octanol–water partition coefficient (Wildman–Crippen LogP) is 2.99. The van der Waals surface area contributed by atoms with E-state index in [4.69, 9.17) is 5.73 Å². The first-order valence-electron chi connectivity index (χ1n) is 7.47. The highest BCUT2D eigenvalue weighted by Gasteiger charge is 2.15. The minimum absolute atomic E-state index is 0.300. The first-order valence-corrected chi connectivity index (χ1v) is 7.47. The van der Waals surface area contributed by atoms with E-state index in [1.165, 1.54) is 22.0 Å². The van der Waals surface area contributed by atoms with E-state index in [9.17, 15) is 0 Å². The molecule has 1 atom stereocenters. The molecule has 3 nitrogen and oxygen atoms in total. The van der Waals surface area contributed by atoms with E-state index in [1.54, 1.807) is 0 Å². The third kappa shape index (κ3) is 2.79. The number of nitrogens with zero attached hydrogens (tertiary/aromatic N) is 1. The molecule has 20 heavy (non-hydrogen) atoms. The number of H-pyrrole nitrogens is 1. The molecule has 0 saturated carbocycles. The van der Waals surface area contributed by atoms with Crippen molar-refractivity contribution in [3.05, 3.63) is 42.1 Å². The number of para-hydroxylation sites is 1. The summed E-state index contributed by atoms with van der Waals surface area (Å²) >= 11 is 0. The van der Waals surface area contributed by atoms with Crippen LogP contribution in [-0.2, 0) is 0 Å². The highest BCUT2D eigenvalue weighted by molar-refractivity contribution is 5.92. The van der Waals surface area contributed by atoms with Crippen molar-refractivity contribution in [2.24, 2.45) is 5.73 Å². The van der Waals surface area contributed by atoms with E-state index in [-0.39, 0.29) is 0 Å². The Hall–Kier alpha value is -1.58. The maximum absolute atomic E-state index is 5.83. The monoisotopic (exact) mass is 269 g/mol. The molecule has 0 saturated heterocycles. The van der Waals surface area contributed by atoms with Crippen molar-refractivity contribution in [2.45, 2.75) is 25.8 Å². The Bertz CT molecular complexity index is 609. The van der Waals surface area contributed by atoms with Crippen LogP contribution in [0.5, 0.6) is 0 Å². The average molecular weight is 269 g/mol. The normalized spacial score (nSPS) is 18.2. The lowest BCUT2D eigenvalue weighted by molar-refractivity contribution is 0.291. The van der Waals surface area contributed by atoms with Gasteiger partial charge in [-0.15, -0.1) is 0 Å². The SMILES string of the molecule is CC(N)CCN1CC=C(c2c[nH]c3ccccc23)CC1. The molecule has 0 aliphatic carbocycles. The van der Waals surface area contributed by atoms with Crippen molar-refractivity contribution < 1.29 is 0 Å². The molecule has 106 valence electrons. The average Bonchev–Trinajstić information content (AvgIpc) is 2.89. The zero-order valence-corrected chi connectivity index (χ0v) is 12.1.